The van der Waals surface area contributed by atoms with E-state index < -0.39 is 5.60 Å². The van der Waals surface area contributed by atoms with Crippen LogP contribution in [0.25, 0.3) is 0 Å². The quantitative estimate of drug-likeness (QED) is 0.329. The first-order chi connectivity index (χ1) is 13.1. The molecule has 1 aliphatic heterocycles. The predicted molar refractivity (Wildman–Crippen MR) is 124 cm³/mol. The Morgan fingerprint density at radius 2 is 1.82 bits per heavy atom. The second-order valence-electron chi connectivity index (χ2n) is 8.56. The van der Waals surface area contributed by atoms with Crippen LogP contribution in [-0.4, -0.2) is 35.4 Å². The molecule has 0 bridgehead atoms. The summed E-state index contributed by atoms with van der Waals surface area (Å²) in [6.45, 7) is 3.36. The molecule has 2 saturated carbocycles. The van der Waals surface area contributed by atoms with Gasteiger partial charge in [-0.15, -0.1) is 24.0 Å². The van der Waals surface area contributed by atoms with Crippen LogP contribution < -0.4 is 15.4 Å². The maximum atomic E-state index is 10.7. The lowest BCUT2D eigenvalue weighted by Gasteiger charge is -2.40. The maximum absolute atomic E-state index is 10.7. The molecule has 4 rings (SSSR count). The molecule has 1 atom stereocenters. The van der Waals surface area contributed by atoms with Gasteiger partial charge in [0.15, 0.2) is 5.96 Å². The summed E-state index contributed by atoms with van der Waals surface area (Å²) in [5, 5.41) is 17.7. The molecule has 1 aromatic carbocycles. The first-order valence-electron chi connectivity index (χ1n) is 10.7. The van der Waals surface area contributed by atoms with E-state index in [0.717, 1.165) is 63.2 Å². The summed E-state index contributed by atoms with van der Waals surface area (Å²) in [5.41, 5.74) is 0.551. The summed E-state index contributed by atoms with van der Waals surface area (Å²) in [6, 6.07) is 8.56. The Morgan fingerprint density at radius 3 is 2.54 bits per heavy atom. The molecule has 2 fully saturated rings. The van der Waals surface area contributed by atoms with Crippen molar-refractivity contribution >= 4 is 29.9 Å². The van der Waals surface area contributed by atoms with E-state index in [-0.39, 0.29) is 35.6 Å². The highest BCUT2D eigenvalue weighted by Crippen LogP contribution is 2.47. The van der Waals surface area contributed by atoms with E-state index in [4.69, 9.17) is 9.73 Å². The summed E-state index contributed by atoms with van der Waals surface area (Å²) in [5.74, 6) is 1.81. The predicted octanol–water partition coefficient (Wildman–Crippen LogP) is 4.30. The Bertz CT molecular complexity index is 682. The zero-order valence-corrected chi connectivity index (χ0v) is 19.2. The zero-order valence-electron chi connectivity index (χ0n) is 16.9. The molecule has 3 N–H and O–H groups in total. The number of rotatable bonds is 4. The SMILES string of the molecule is CCNC(=NCC1(O)CCCC1)NC1CC2(CCCC2)Oc2ccccc21.I. The van der Waals surface area contributed by atoms with Crippen LogP contribution in [0.4, 0.5) is 0 Å². The number of nitrogens with zero attached hydrogens (tertiary/aromatic N) is 1. The fourth-order valence-electron chi connectivity index (χ4n) is 4.98. The molecule has 5 nitrogen and oxygen atoms in total. The molecule has 1 aromatic rings. The Kier molecular flexibility index (Phi) is 7.12. The Morgan fingerprint density at radius 1 is 1.14 bits per heavy atom. The van der Waals surface area contributed by atoms with Crippen molar-refractivity contribution in [1.29, 1.82) is 0 Å². The fraction of sp³-hybridized carbons (Fsp3) is 0.682. The van der Waals surface area contributed by atoms with Crippen LogP contribution in [-0.2, 0) is 0 Å². The molecule has 3 aliphatic rings. The van der Waals surface area contributed by atoms with Gasteiger partial charge in [-0.1, -0.05) is 31.0 Å². The number of hydrogen-bond acceptors (Lipinski definition) is 3. The van der Waals surface area contributed by atoms with Crippen molar-refractivity contribution < 1.29 is 9.84 Å². The van der Waals surface area contributed by atoms with Gasteiger partial charge in [-0.25, -0.2) is 0 Å². The van der Waals surface area contributed by atoms with Crippen molar-refractivity contribution in [2.45, 2.75) is 82.0 Å². The standard InChI is InChI=1S/C22H33N3O2.HI/c1-2-23-20(24-16-21(26)11-5-6-12-21)25-18-15-22(13-7-8-14-22)27-19-10-4-3-9-17(18)19;/h3-4,9-10,18,26H,2,5-8,11-16H2,1H3,(H2,23,24,25);1H. The normalized spacial score (nSPS) is 24.9. The van der Waals surface area contributed by atoms with Gasteiger partial charge in [0.05, 0.1) is 18.2 Å². The topological polar surface area (TPSA) is 65.9 Å². The lowest BCUT2D eigenvalue weighted by molar-refractivity contribution is 0.0393. The van der Waals surface area contributed by atoms with Gasteiger partial charge in [-0.05, 0) is 51.5 Å². The molecule has 0 amide bonds. The lowest BCUT2D eigenvalue weighted by Crippen LogP contribution is -2.47. The molecular formula is C22H34IN3O2. The largest absolute Gasteiger partial charge is 0.487 e. The zero-order chi connectivity index (χ0) is 18.7. The number of aliphatic imine (C=N–C) groups is 1. The molecule has 1 unspecified atom stereocenters. The molecule has 2 aliphatic carbocycles. The third kappa shape index (κ3) is 4.75. The maximum Gasteiger partial charge on any atom is 0.191 e. The second-order valence-corrected chi connectivity index (χ2v) is 8.56. The van der Waals surface area contributed by atoms with Crippen LogP contribution in [0.3, 0.4) is 0 Å². The molecule has 0 saturated heterocycles. The molecule has 0 radical (unpaired) electrons. The minimum atomic E-state index is -0.622. The minimum absolute atomic E-state index is 0. The van der Waals surface area contributed by atoms with Crippen molar-refractivity contribution in [1.82, 2.24) is 10.6 Å². The van der Waals surface area contributed by atoms with Gasteiger partial charge in [0.1, 0.15) is 11.4 Å². The van der Waals surface area contributed by atoms with Crippen molar-refractivity contribution in [3.05, 3.63) is 29.8 Å². The van der Waals surface area contributed by atoms with Crippen molar-refractivity contribution in [3.63, 3.8) is 0 Å². The number of fused-ring (bicyclic) bond motifs is 1. The second kappa shape index (κ2) is 9.20. The number of halogens is 1. The minimum Gasteiger partial charge on any atom is -0.487 e. The van der Waals surface area contributed by atoms with E-state index in [9.17, 15) is 5.11 Å². The van der Waals surface area contributed by atoms with Gasteiger partial charge >= 0.3 is 0 Å². The molecule has 6 heteroatoms. The first kappa shape index (κ1) is 21.7. The number of nitrogens with one attached hydrogen (secondary N) is 2. The van der Waals surface area contributed by atoms with Crippen LogP contribution in [0.1, 0.15) is 76.3 Å². The molecule has 1 heterocycles. The summed E-state index contributed by atoms with van der Waals surface area (Å²) < 4.78 is 6.47. The van der Waals surface area contributed by atoms with Gasteiger partial charge in [-0.2, -0.15) is 0 Å². The van der Waals surface area contributed by atoms with E-state index in [1.54, 1.807) is 0 Å². The van der Waals surface area contributed by atoms with E-state index in [2.05, 4.69) is 41.8 Å². The lowest BCUT2D eigenvalue weighted by atomic mass is 9.86. The van der Waals surface area contributed by atoms with Crippen LogP contribution in [0.5, 0.6) is 5.75 Å². The first-order valence-corrected chi connectivity index (χ1v) is 10.7. The van der Waals surface area contributed by atoms with Gasteiger partial charge in [0.2, 0.25) is 0 Å². The van der Waals surface area contributed by atoms with Gasteiger partial charge in [-0.3, -0.25) is 4.99 Å². The number of guanidine groups is 1. The number of ether oxygens (including phenoxy) is 1. The molecular weight excluding hydrogens is 465 g/mol. The monoisotopic (exact) mass is 499 g/mol. The number of hydrogen-bond donors (Lipinski definition) is 3. The highest BCUT2D eigenvalue weighted by Gasteiger charge is 2.43. The Hall–Kier alpha value is -1.02. The smallest absolute Gasteiger partial charge is 0.191 e. The van der Waals surface area contributed by atoms with Crippen molar-refractivity contribution in [3.8, 4) is 5.75 Å². The third-order valence-corrected chi connectivity index (χ3v) is 6.43. The summed E-state index contributed by atoms with van der Waals surface area (Å²) in [6.07, 6.45) is 9.65. The van der Waals surface area contributed by atoms with Crippen LogP contribution in [0, 0.1) is 0 Å². The van der Waals surface area contributed by atoms with Crippen LogP contribution >= 0.6 is 24.0 Å². The average molecular weight is 499 g/mol. The van der Waals surface area contributed by atoms with Crippen LogP contribution in [0.15, 0.2) is 29.3 Å². The Labute approximate surface area is 185 Å². The van der Waals surface area contributed by atoms with Crippen LogP contribution in [0.2, 0.25) is 0 Å². The summed E-state index contributed by atoms with van der Waals surface area (Å²) >= 11 is 0. The highest BCUT2D eigenvalue weighted by molar-refractivity contribution is 14.0. The molecule has 1 spiro atoms. The number of benzene rings is 1. The van der Waals surface area contributed by atoms with E-state index in [1.165, 1.54) is 18.4 Å². The number of para-hydroxylation sites is 1. The Balaban J connectivity index is 0.00000225. The van der Waals surface area contributed by atoms with Gasteiger partial charge < -0.3 is 20.5 Å². The molecule has 156 valence electrons. The molecule has 0 aromatic heterocycles. The highest BCUT2D eigenvalue weighted by atomic mass is 127. The fourth-order valence-corrected chi connectivity index (χ4v) is 4.98. The average Bonchev–Trinajstić information content (AvgIpc) is 3.30. The van der Waals surface area contributed by atoms with Gasteiger partial charge in [0.25, 0.3) is 0 Å². The number of aliphatic hydroxyl groups is 1. The molecule has 28 heavy (non-hydrogen) atoms. The summed E-state index contributed by atoms with van der Waals surface area (Å²) in [4.78, 5) is 4.75. The third-order valence-electron chi connectivity index (χ3n) is 6.43. The van der Waals surface area contributed by atoms with Crippen molar-refractivity contribution in [2.24, 2.45) is 4.99 Å². The van der Waals surface area contributed by atoms with Gasteiger partial charge in [0, 0.05) is 18.5 Å². The van der Waals surface area contributed by atoms with E-state index in [1.807, 2.05) is 0 Å². The summed E-state index contributed by atoms with van der Waals surface area (Å²) in [7, 11) is 0. The van der Waals surface area contributed by atoms with E-state index in [0.29, 0.717) is 6.54 Å². The van der Waals surface area contributed by atoms with Crippen molar-refractivity contribution in [2.75, 3.05) is 13.1 Å². The van der Waals surface area contributed by atoms with E-state index >= 15 is 0 Å².